The van der Waals surface area contributed by atoms with Crippen LogP contribution in [-0.4, -0.2) is 42.7 Å². The van der Waals surface area contributed by atoms with Crippen molar-refractivity contribution in [3.63, 3.8) is 0 Å². The Hall–Kier alpha value is -1.99. The van der Waals surface area contributed by atoms with Crippen LogP contribution in [0.1, 0.15) is 24.4 Å². The van der Waals surface area contributed by atoms with E-state index in [1.165, 1.54) is 0 Å². The molecule has 0 fully saturated rings. The molecule has 2 rings (SSSR count). The van der Waals surface area contributed by atoms with Crippen LogP contribution in [0.5, 0.6) is 5.75 Å². The van der Waals surface area contributed by atoms with Crippen LogP contribution in [0.25, 0.3) is 12.2 Å². The van der Waals surface area contributed by atoms with Gasteiger partial charge in [-0.15, -0.1) is 0 Å². The zero-order valence-corrected chi connectivity index (χ0v) is 17.8. The zero-order valence-electron chi connectivity index (χ0n) is 16.1. The Labute approximate surface area is 169 Å². The molecule has 27 heavy (non-hydrogen) atoms. The molecule has 1 amide bonds. The molecule has 0 aliphatic carbocycles. The summed E-state index contributed by atoms with van der Waals surface area (Å²) < 4.78 is 1.91. The van der Waals surface area contributed by atoms with Gasteiger partial charge >= 0.3 is 0 Å². The lowest BCUT2D eigenvalue weighted by Gasteiger charge is -2.21. The maximum Gasteiger partial charge on any atom is 0.286 e. The average molecular weight is 407 g/mol. The number of benzene rings is 1. The van der Waals surface area contributed by atoms with Crippen molar-refractivity contribution < 1.29 is 14.5 Å². The third-order valence-electron chi connectivity index (χ3n) is 4.20. The number of hydrogen-bond donors (Lipinski definition) is 2. The second kappa shape index (κ2) is 11.0. The van der Waals surface area contributed by atoms with E-state index in [-0.39, 0.29) is 11.7 Å². The Morgan fingerprint density at radius 1 is 1.33 bits per heavy atom. The van der Waals surface area contributed by atoms with Crippen molar-refractivity contribution in [2.75, 3.05) is 36.5 Å². The number of carbonyl (C=O) groups excluding carboxylic acids is 1. The van der Waals surface area contributed by atoms with E-state index in [0.29, 0.717) is 13.1 Å². The van der Waals surface area contributed by atoms with E-state index >= 15 is 0 Å². The molecule has 0 saturated carbocycles. The number of phenols is 1. The Morgan fingerprint density at radius 2 is 2.11 bits per heavy atom. The number of hydrogen-bond acceptors (Lipinski definition) is 5. The van der Waals surface area contributed by atoms with Crippen LogP contribution < -0.4 is 14.8 Å². The van der Waals surface area contributed by atoms with Crippen molar-refractivity contribution in [3.8, 4) is 5.75 Å². The van der Waals surface area contributed by atoms with Gasteiger partial charge in [0, 0.05) is 48.8 Å². The predicted octanol–water partition coefficient (Wildman–Crippen LogP) is 3.24. The summed E-state index contributed by atoms with van der Waals surface area (Å²) in [5.41, 5.74) is 1.78. The largest absolute Gasteiger partial charge is 0.507 e. The van der Waals surface area contributed by atoms with E-state index in [9.17, 15) is 9.90 Å². The summed E-state index contributed by atoms with van der Waals surface area (Å²) in [6, 6.07) is 5.74. The Kier molecular flexibility index (Phi) is 8.67. The molecule has 0 radical (unpaired) electrons. The van der Waals surface area contributed by atoms with E-state index < -0.39 is 0 Å². The number of amides is 1. The Morgan fingerprint density at radius 3 is 2.78 bits per heavy atom. The van der Waals surface area contributed by atoms with Crippen LogP contribution in [0.15, 0.2) is 29.8 Å². The smallest absolute Gasteiger partial charge is 0.286 e. The van der Waals surface area contributed by atoms with Gasteiger partial charge in [-0.25, -0.2) is 0 Å². The van der Waals surface area contributed by atoms with Crippen LogP contribution >= 0.6 is 23.1 Å². The SMILES string of the molecule is CCN(CC)c1ccc(/C=C/c2scc[n+]2CC(=O)NCCSC)c(O)c1. The number of thiazole rings is 1. The summed E-state index contributed by atoms with van der Waals surface area (Å²) in [7, 11) is 0. The second-order valence-corrected chi connectivity index (χ2v) is 7.87. The molecule has 146 valence electrons. The predicted molar refractivity (Wildman–Crippen MR) is 117 cm³/mol. The van der Waals surface area contributed by atoms with Gasteiger partial charge in [0.25, 0.3) is 10.9 Å². The molecule has 0 aliphatic heterocycles. The standard InChI is InChI=1S/C20H27N3O2S2/c1-4-22(5-2)17-8-6-16(18(24)14-17)7-9-20-23(11-13-27-20)15-19(25)21-10-12-26-3/h6-9,11,13-14H,4-5,10,12,15H2,1-3H3,(H,21,25)/p+1. The van der Waals surface area contributed by atoms with Crippen LogP contribution in [0, 0.1) is 0 Å². The summed E-state index contributed by atoms with van der Waals surface area (Å²) in [5.74, 6) is 1.18. The molecule has 0 spiro atoms. The van der Waals surface area contributed by atoms with Gasteiger partial charge < -0.3 is 15.3 Å². The molecule has 0 atom stereocenters. The minimum Gasteiger partial charge on any atom is -0.507 e. The van der Waals surface area contributed by atoms with E-state index in [4.69, 9.17) is 0 Å². The lowest BCUT2D eigenvalue weighted by atomic mass is 10.1. The van der Waals surface area contributed by atoms with Crippen LogP contribution in [0.3, 0.4) is 0 Å². The molecule has 1 aromatic carbocycles. The number of anilines is 1. The molecule has 0 aliphatic rings. The van der Waals surface area contributed by atoms with Crippen LogP contribution in [0.4, 0.5) is 5.69 Å². The Bertz CT molecular complexity index is 770. The van der Waals surface area contributed by atoms with E-state index in [2.05, 4.69) is 24.1 Å². The first kappa shape index (κ1) is 21.3. The lowest BCUT2D eigenvalue weighted by Crippen LogP contribution is -2.43. The van der Waals surface area contributed by atoms with Crippen molar-refractivity contribution in [2.24, 2.45) is 0 Å². The van der Waals surface area contributed by atoms with Crippen LogP contribution in [-0.2, 0) is 11.3 Å². The fourth-order valence-electron chi connectivity index (χ4n) is 2.70. The van der Waals surface area contributed by atoms with Gasteiger partial charge in [-0.1, -0.05) is 11.3 Å². The van der Waals surface area contributed by atoms with Gasteiger partial charge in [0.15, 0.2) is 6.20 Å². The first-order valence-corrected chi connectivity index (χ1v) is 11.3. The zero-order chi connectivity index (χ0) is 19.6. The number of nitrogens with one attached hydrogen (secondary N) is 1. The van der Waals surface area contributed by atoms with Gasteiger partial charge in [-0.2, -0.15) is 16.3 Å². The molecule has 0 unspecified atom stereocenters. The first-order chi connectivity index (χ1) is 13.1. The second-order valence-electron chi connectivity index (χ2n) is 5.96. The van der Waals surface area contributed by atoms with Crippen molar-refractivity contribution in [1.82, 2.24) is 5.32 Å². The minimum atomic E-state index is 0.00789. The highest BCUT2D eigenvalue weighted by Gasteiger charge is 2.14. The molecular formula is C20H28N3O2S2+. The summed E-state index contributed by atoms with van der Waals surface area (Å²) >= 11 is 3.27. The summed E-state index contributed by atoms with van der Waals surface area (Å²) in [6.45, 7) is 6.98. The molecule has 1 heterocycles. The molecule has 2 N–H and O–H groups in total. The van der Waals surface area contributed by atoms with Crippen molar-refractivity contribution >= 4 is 46.8 Å². The fourth-order valence-corrected chi connectivity index (χ4v) is 3.76. The number of thioether (sulfide) groups is 1. The number of nitrogens with zero attached hydrogens (tertiary/aromatic N) is 2. The molecule has 0 saturated heterocycles. The third-order valence-corrected chi connectivity index (χ3v) is 5.69. The van der Waals surface area contributed by atoms with Crippen molar-refractivity contribution in [1.29, 1.82) is 0 Å². The highest BCUT2D eigenvalue weighted by molar-refractivity contribution is 7.98. The maximum atomic E-state index is 12.0. The Balaban J connectivity index is 2.06. The third kappa shape index (κ3) is 6.29. The summed E-state index contributed by atoms with van der Waals surface area (Å²) in [4.78, 5) is 14.2. The average Bonchev–Trinajstić information content (AvgIpc) is 3.09. The van der Waals surface area contributed by atoms with Crippen molar-refractivity contribution in [3.05, 3.63) is 40.3 Å². The van der Waals surface area contributed by atoms with Gasteiger partial charge in [0.1, 0.15) is 5.75 Å². The topological polar surface area (TPSA) is 56.5 Å². The molecule has 1 aromatic heterocycles. The van der Waals surface area contributed by atoms with E-state index in [1.54, 1.807) is 29.2 Å². The van der Waals surface area contributed by atoms with Gasteiger partial charge in [0.2, 0.25) is 6.54 Å². The van der Waals surface area contributed by atoms with Crippen molar-refractivity contribution in [2.45, 2.75) is 20.4 Å². The number of phenolic OH excluding ortho intramolecular Hbond substituents is 1. The maximum absolute atomic E-state index is 12.0. The van der Waals surface area contributed by atoms with Crippen LogP contribution in [0.2, 0.25) is 0 Å². The highest BCUT2D eigenvalue weighted by atomic mass is 32.2. The van der Waals surface area contributed by atoms with E-state index in [0.717, 1.165) is 35.1 Å². The summed E-state index contributed by atoms with van der Waals surface area (Å²) in [5, 5.41) is 16.2. The molecule has 7 heteroatoms. The van der Waals surface area contributed by atoms with Gasteiger partial charge in [-0.3, -0.25) is 4.79 Å². The lowest BCUT2D eigenvalue weighted by molar-refractivity contribution is -0.681. The molecule has 2 aromatic rings. The van der Waals surface area contributed by atoms with E-state index in [1.807, 2.05) is 46.7 Å². The number of aromatic nitrogens is 1. The molecule has 5 nitrogen and oxygen atoms in total. The summed E-state index contributed by atoms with van der Waals surface area (Å²) in [6.07, 6.45) is 7.75. The van der Waals surface area contributed by atoms with Gasteiger partial charge in [-0.05, 0) is 38.3 Å². The minimum absolute atomic E-state index is 0.00789. The monoisotopic (exact) mass is 406 g/mol. The number of aromatic hydroxyl groups is 1. The normalized spacial score (nSPS) is 11.1. The number of carbonyl (C=O) groups is 1. The van der Waals surface area contributed by atoms with Gasteiger partial charge in [0.05, 0.1) is 5.38 Å². The number of rotatable bonds is 10. The first-order valence-electron chi connectivity index (χ1n) is 9.07. The quantitative estimate of drug-likeness (QED) is 0.470. The molecular weight excluding hydrogens is 378 g/mol. The highest BCUT2D eigenvalue weighted by Crippen LogP contribution is 2.26. The fraction of sp³-hybridized carbons (Fsp3) is 0.400. The molecule has 0 bridgehead atoms.